The van der Waals surface area contributed by atoms with Gasteiger partial charge in [-0.3, -0.25) is 9.69 Å². The second kappa shape index (κ2) is 7.54. The van der Waals surface area contributed by atoms with Crippen molar-refractivity contribution in [3.63, 3.8) is 0 Å². The molecule has 2 fully saturated rings. The standard InChI is InChI=1S/C23H28N4O3/c1-3-17(25-24-2)14-26-9-4-16(5-10-26)6-11-27-22(28)18-12-20-21(30-15-29-20)13-19(18)23(27)7-8-23/h3,12-13,16H,1-2,4-11,14-15H2/b25-17+. The van der Waals surface area contributed by atoms with Crippen LogP contribution in [-0.2, 0) is 5.54 Å². The van der Waals surface area contributed by atoms with Gasteiger partial charge in [-0.15, -0.1) is 0 Å². The highest BCUT2D eigenvalue weighted by Gasteiger charge is 2.58. The van der Waals surface area contributed by atoms with E-state index in [9.17, 15) is 4.79 Å². The summed E-state index contributed by atoms with van der Waals surface area (Å²) in [6.07, 6.45) is 7.18. The zero-order chi connectivity index (χ0) is 20.7. The number of fused-ring (bicyclic) bond motifs is 3. The van der Waals surface area contributed by atoms with Gasteiger partial charge in [0.2, 0.25) is 6.79 Å². The molecule has 1 aromatic rings. The van der Waals surface area contributed by atoms with Gasteiger partial charge in [0.15, 0.2) is 11.5 Å². The average Bonchev–Trinajstić information content (AvgIpc) is 3.36. The molecule has 0 unspecified atom stereocenters. The zero-order valence-corrected chi connectivity index (χ0v) is 17.3. The fourth-order valence-corrected chi connectivity index (χ4v) is 5.16. The van der Waals surface area contributed by atoms with Crippen molar-refractivity contribution in [2.75, 3.05) is 33.0 Å². The molecule has 4 aliphatic rings. The molecule has 7 heteroatoms. The van der Waals surface area contributed by atoms with Gasteiger partial charge in [-0.1, -0.05) is 6.58 Å². The molecule has 158 valence electrons. The van der Waals surface area contributed by atoms with Crippen LogP contribution in [0.5, 0.6) is 11.5 Å². The van der Waals surface area contributed by atoms with Crippen LogP contribution in [0, 0.1) is 5.92 Å². The summed E-state index contributed by atoms with van der Waals surface area (Å²) in [6, 6.07) is 3.92. The minimum Gasteiger partial charge on any atom is -0.454 e. The van der Waals surface area contributed by atoms with Gasteiger partial charge in [0, 0.05) is 25.4 Å². The first kappa shape index (κ1) is 19.3. The molecule has 0 aromatic heterocycles. The fraction of sp³-hybridized carbons (Fsp3) is 0.522. The van der Waals surface area contributed by atoms with E-state index in [0.717, 1.165) is 80.9 Å². The molecule has 0 radical (unpaired) electrons. The van der Waals surface area contributed by atoms with E-state index in [1.807, 2.05) is 12.1 Å². The minimum absolute atomic E-state index is 0.0961. The van der Waals surface area contributed by atoms with Gasteiger partial charge in [0.05, 0.1) is 11.3 Å². The Morgan fingerprint density at radius 2 is 1.97 bits per heavy atom. The van der Waals surface area contributed by atoms with E-state index >= 15 is 0 Å². The highest BCUT2D eigenvalue weighted by Crippen LogP contribution is 2.58. The first-order valence-electron chi connectivity index (χ1n) is 10.8. The summed E-state index contributed by atoms with van der Waals surface area (Å²) < 4.78 is 11.0. The van der Waals surface area contributed by atoms with Crippen LogP contribution in [0.1, 0.15) is 48.0 Å². The highest BCUT2D eigenvalue weighted by atomic mass is 16.7. The lowest BCUT2D eigenvalue weighted by Crippen LogP contribution is -2.39. The number of carbonyl (C=O) groups is 1. The quantitative estimate of drug-likeness (QED) is 0.513. The van der Waals surface area contributed by atoms with Crippen molar-refractivity contribution in [3.05, 3.63) is 35.9 Å². The zero-order valence-electron chi connectivity index (χ0n) is 17.3. The van der Waals surface area contributed by atoms with Gasteiger partial charge in [0.1, 0.15) is 0 Å². The maximum Gasteiger partial charge on any atom is 0.255 e. The molecule has 0 bridgehead atoms. The summed E-state index contributed by atoms with van der Waals surface area (Å²) in [7, 11) is 0. The number of nitrogens with zero attached hydrogens (tertiary/aromatic N) is 4. The van der Waals surface area contributed by atoms with Crippen LogP contribution in [0.2, 0.25) is 0 Å². The van der Waals surface area contributed by atoms with Gasteiger partial charge in [-0.05, 0) is 74.9 Å². The van der Waals surface area contributed by atoms with Gasteiger partial charge in [0.25, 0.3) is 5.91 Å². The second-order valence-corrected chi connectivity index (χ2v) is 8.68. The SMILES string of the molecule is C=C/C(CN1CCC(CCN2C(=O)c3cc4c(cc3C23CC3)OCO4)CC1)=N\N=C. The molecule has 30 heavy (non-hydrogen) atoms. The number of rotatable bonds is 7. The van der Waals surface area contributed by atoms with Crippen LogP contribution in [0.25, 0.3) is 0 Å². The lowest BCUT2D eigenvalue weighted by Gasteiger charge is -2.33. The van der Waals surface area contributed by atoms with E-state index in [4.69, 9.17) is 9.47 Å². The maximum absolute atomic E-state index is 13.2. The van der Waals surface area contributed by atoms with Crippen molar-refractivity contribution in [1.82, 2.24) is 9.80 Å². The summed E-state index contributed by atoms with van der Waals surface area (Å²) >= 11 is 0. The van der Waals surface area contributed by atoms with Gasteiger partial charge in [-0.2, -0.15) is 10.2 Å². The fourth-order valence-electron chi connectivity index (χ4n) is 5.16. The Bertz CT molecular complexity index is 913. The molecule has 3 aliphatic heterocycles. The molecule has 1 spiro atoms. The first-order chi connectivity index (χ1) is 14.6. The van der Waals surface area contributed by atoms with Crippen molar-refractivity contribution >= 4 is 18.3 Å². The molecule has 1 aromatic carbocycles. The van der Waals surface area contributed by atoms with Crippen molar-refractivity contribution in [3.8, 4) is 11.5 Å². The number of likely N-dealkylation sites (tertiary alicyclic amines) is 1. The van der Waals surface area contributed by atoms with E-state index in [-0.39, 0.29) is 18.2 Å². The number of hydrogen-bond donors (Lipinski definition) is 0. The number of amides is 1. The van der Waals surface area contributed by atoms with Crippen molar-refractivity contribution < 1.29 is 14.3 Å². The van der Waals surface area contributed by atoms with Gasteiger partial charge in [-0.25, -0.2) is 0 Å². The largest absolute Gasteiger partial charge is 0.454 e. The second-order valence-electron chi connectivity index (χ2n) is 8.68. The smallest absolute Gasteiger partial charge is 0.255 e. The third-order valence-corrected chi connectivity index (χ3v) is 7.02. The third kappa shape index (κ3) is 3.21. The predicted octanol–water partition coefficient (Wildman–Crippen LogP) is 3.20. The minimum atomic E-state index is -0.0961. The van der Waals surface area contributed by atoms with Crippen molar-refractivity contribution in [2.24, 2.45) is 16.1 Å². The molecule has 0 N–H and O–H groups in total. The molecular formula is C23H28N4O3. The number of ether oxygens (including phenoxy) is 2. The van der Waals surface area contributed by atoms with E-state index in [2.05, 4.69) is 33.3 Å². The maximum atomic E-state index is 13.2. The normalized spacial score (nSPS) is 22.5. The van der Waals surface area contributed by atoms with Crippen LogP contribution in [0.3, 0.4) is 0 Å². The Kier molecular flexibility index (Phi) is 4.85. The number of hydrogen-bond acceptors (Lipinski definition) is 6. The molecule has 1 amide bonds. The number of benzene rings is 1. The summed E-state index contributed by atoms with van der Waals surface area (Å²) in [5, 5.41) is 7.64. The molecule has 0 atom stereocenters. The average molecular weight is 409 g/mol. The van der Waals surface area contributed by atoms with Crippen molar-refractivity contribution in [1.29, 1.82) is 0 Å². The summed E-state index contributed by atoms with van der Waals surface area (Å²) in [4.78, 5) is 17.7. The Morgan fingerprint density at radius 1 is 1.23 bits per heavy atom. The van der Waals surface area contributed by atoms with Crippen LogP contribution < -0.4 is 9.47 Å². The molecule has 1 aliphatic carbocycles. The summed E-state index contributed by atoms with van der Waals surface area (Å²) in [5.41, 5.74) is 2.71. The van der Waals surface area contributed by atoms with Crippen LogP contribution >= 0.6 is 0 Å². The lowest BCUT2D eigenvalue weighted by molar-refractivity contribution is 0.0675. The summed E-state index contributed by atoms with van der Waals surface area (Å²) in [5.74, 6) is 2.27. The molecule has 1 saturated heterocycles. The van der Waals surface area contributed by atoms with Gasteiger partial charge >= 0.3 is 0 Å². The molecule has 1 saturated carbocycles. The van der Waals surface area contributed by atoms with Crippen LogP contribution in [0.15, 0.2) is 35.0 Å². The Morgan fingerprint density at radius 3 is 2.63 bits per heavy atom. The first-order valence-corrected chi connectivity index (χ1v) is 10.8. The summed E-state index contributed by atoms with van der Waals surface area (Å²) in [6.45, 7) is 11.1. The Labute approximate surface area is 177 Å². The Balaban J connectivity index is 1.19. The molecular weight excluding hydrogens is 380 g/mol. The van der Waals surface area contributed by atoms with E-state index in [1.165, 1.54) is 0 Å². The molecule has 7 nitrogen and oxygen atoms in total. The van der Waals surface area contributed by atoms with E-state index < -0.39 is 0 Å². The molecule has 3 heterocycles. The molecule has 5 rings (SSSR count). The topological polar surface area (TPSA) is 66.7 Å². The van der Waals surface area contributed by atoms with E-state index in [1.54, 1.807) is 6.08 Å². The Hall–Kier alpha value is -2.67. The number of carbonyl (C=O) groups excluding carboxylic acids is 1. The monoisotopic (exact) mass is 408 g/mol. The number of piperidine rings is 1. The van der Waals surface area contributed by atoms with Crippen LogP contribution in [0.4, 0.5) is 0 Å². The van der Waals surface area contributed by atoms with Crippen molar-refractivity contribution in [2.45, 2.75) is 37.6 Å². The third-order valence-electron chi connectivity index (χ3n) is 7.02. The highest BCUT2D eigenvalue weighted by molar-refractivity contribution is 6.01. The van der Waals surface area contributed by atoms with Gasteiger partial charge < -0.3 is 14.4 Å². The predicted molar refractivity (Wildman–Crippen MR) is 115 cm³/mol. The van der Waals surface area contributed by atoms with Crippen LogP contribution in [-0.4, -0.2) is 61.1 Å². The lowest BCUT2D eigenvalue weighted by atomic mass is 9.93. The van der Waals surface area contributed by atoms with E-state index in [0.29, 0.717) is 11.7 Å².